The van der Waals surface area contributed by atoms with Gasteiger partial charge in [0.05, 0.1) is 7.11 Å². The van der Waals surface area contributed by atoms with Crippen molar-refractivity contribution in [1.82, 2.24) is 19.3 Å². The van der Waals surface area contributed by atoms with Gasteiger partial charge in [0.15, 0.2) is 0 Å². The summed E-state index contributed by atoms with van der Waals surface area (Å²) in [5, 5.41) is 1.24. The van der Waals surface area contributed by atoms with Crippen LogP contribution in [0.4, 0.5) is 4.79 Å². The van der Waals surface area contributed by atoms with Crippen molar-refractivity contribution in [3.8, 4) is 0 Å². The summed E-state index contributed by atoms with van der Waals surface area (Å²) in [6.07, 6.45) is 3.89. The van der Waals surface area contributed by atoms with Gasteiger partial charge in [0.2, 0.25) is 0 Å². The van der Waals surface area contributed by atoms with Gasteiger partial charge in [-0.2, -0.15) is 0 Å². The smallest absolute Gasteiger partial charge is 0.328 e. The summed E-state index contributed by atoms with van der Waals surface area (Å²) in [5.41, 5.74) is 2.64. The number of esters is 1. The Labute approximate surface area is 211 Å². The first kappa shape index (κ1) is 24.1. The maximum absolute atomic E-state index is 13.6. The molecule has 2 aliphatic rings. The summed E-state index contributed by atoms with van der Waals surface area (Å²) in [6, 6.07) is 17.9. The number of hydrogen-bond donors (Lipinski definition) is 0. The number of rotatable bonds is 7. The average Bonchev–Trinajstić information content (AvgIpc) is 3.31. The van der Waals surface area contributed by atoms with Crippen LogP contribution in [0.2, 0.25) is 0 Å². The molecule has 8 heteroatoms. The number of ether oxygens (including phenoxy) is 1. The van der Waals surface area contributed by atoms with Crippen LogP contribution in [0.3, 0.4) is 0 Å². The Balaban J connectivity index is 1.35. The van der Waals surface area contributed by atoms with E-state index in [1.165, 1.54) is 23.6 Å². The SMILES string of the molecule is COC(=O)CN1C(=O)N(CCc2ccccc2)C2(CCN(Cc3cn(C)c4ccccc34)CC2)C1=O. The van der Waals surface area contributed by atoms with E-state index in [4.69, 9.17) is 4.74 Å². The molecule has 36 heavy (non-hydrogen) atoms. The second-order valence-corrected chi connectivity index (χ2v) is 9.73. The summed E-state index contributed by atoms with van der Waals surface area (Å²) in [7, 11) is 3.32. The minimum absolute atomic E-state index is 0.282. The van der Waals surface area contributed by atoms with E-state index < -0.39 is 17.5 Å². The number of methoxy groups -OCH3 is 1. The Bertz CT molecular complexity index is 1280. The maximum atomic E-state index is 13.6. The Morgan fingerprint density at radius 3 is 2.42 bits per heavy atom. The van der Waals surface area contributed by atoms with Crippen LogP contribution in [-0.2, 0) is 34.3 Å². The molecule has 0 radical (unpaired) electrons. The van der Waals surface area contributed by atoms with E-state index in [1.807, 2.05) is 36.4 Å². The Morgan fingerprint density at radius 2 is 1.69 bits per heavy atom. The van der Waals surface area contributed by atoms with Crippen molar-refractivity contribution in [1.29, 1.82) is 0 Å². The molecule has 2 aromatic carbocycles. The molecular weight excluding hydrogens is 456 g/mol. The number of urea groups is 1. The molecule has 0 bridgehead atoms. The zero-order valence-corrected chi connectivity index (χ0v) is 20.9. The standard InChI is InChI=1S/C28H32N4O4/c1-29-18-22(23-10-6-7-11-24(23)29)19-30-16-13-28(14-17-30)26(34)31(20-25(33)36-2)27(35)32(28)15-12-21-8-4-3-5-9-21/h3-11,18H,12-17,19-20H2,1-2H3. The number of carbonyl (C=O) groups excluding carboxylic acids is 3. The van der Waals surface area contributed by atoms with Crippen molar-refractivity contribution < 1.29 is 19.1 Å². The van der Waals surface area contributed by atoms with Crippen LogP contribution in [0, 0.1) is 0 Å². The number of fused-ring (bicyclic) bond motifs is 1. The number of likely N-dealkylation sites (tertiary alicyclic amines) is 1. The Hall–Kier alpha value is -3.65. The second-order valence-electron chi connectivity index (χ2n) is 9.73. The molecule has 2 saturated heterocycles. The zero-order valence-electron chi connectivity index (χ0n) is 20.9. The minimum atomic E-state index is -0.921. The molecule has 3 amide bonds. The van der Waals surface area contributed by atoms with Crippen molar-refractivity contribution in [2.24, 2.45) is 7.05 Å². The first-order valence-corrected chi connectivity index (χ1v) is 12.4. The molecule has 2 fully saturated rings. The van der Waals surface area contributed by atoms with Gasteiger partial charge in [-0.15, -0.1) is 0 Å². The molecule has 2 aliphatic heterocycles. The molecule has 3 heterocycles. The van der Waals surface area contributed by atoms with Crippen LogP contribution in [-0.4, -0.2) is 76.0 Å². The third-order valence-electron chi connectivity index (χ3n) is 7.66. The quantitative estimate of drug-likeness (QED) is 0.377. The van der Waals surface area contributed by atoms with Crippen molar-refractivity contribution in [3.05, 3.63) is 71.9 Å². The fourth-order valence-electron chi connectivity index (χ4n) is 5.67. The number of nitrogens with zero attached hydrogens (tertiary/aromatic N) is 4. The number of hydrogen-bond acceptors (Lipinski definition) is 5. The number of carbonyl (C=O) groups is 3. The number of benzene rings is 2. The van der Waals surface area contributed by atoms with E-state index in [0.29, 0.717) is 38.9 Å². The molecule has 0 saturated carbocycles. The molecule has 5 rings (SSSR count). The molecule has 0 unspecified atom stereocenters. The van der Waals surface area contributed by atoms with Crippen LogP contribution < -0.4 is 0 Å². The van der Waals surface area contributed by atoms with Crippen molar-refractivity contribution in [3.63, 3.8) is 0 Å². The summed E-state index contributed by atoms with van der Waals surface area (Å²) in [4.78, 5) is 44.2. The highest BCUT2D eigenvalue weighted by Gasteiger charge is 2.58. The van der Waals surface area contributed by atoms with Crippen LogP contribution >= 0.6 is 0 Å². The van der Waals surface area contributed by atoms with E-state index in [2.05, 4.69) is 40.9 Å². The van der Waals surface area contributed by atoms with Crippen molar-refractivity contribution in [2.75, 3.05) is 33.3 Å². The molecule has 0 N–H and O–H groups in total. The lowest BCUT2D eigenvalue weighted by Crippen LogP contribution is -2.56. The monoisotopic (exact) mass is 488 g/mol. The predicted octanol–water partition coefficient (Wildman–Crippen LogP) is 3.19. The normalized spacial score (nSPS) is 17.9. The highest BCUT2D eigenvalue weighted by Crippen LogP contribution is 2.38. The van der Waals surface area contributed by atoms with Gasteiger partial charge < -0.3 is 14.2 Å². The maximum Gasteiger partial charge on any atom is 0.328 e. The number of para-hydroxylation sites is 1. The van der Waals surface area contributed by atoms with Crippen LogP contribution in [0.25, 0.3) is 10.9 Å². The van der Waals surface area contributed by atoms with Crippen LogP contribution in [0.15, 0.2) is 60.8 Å². The Morgan fingerprint density at radius 1 is 1.00 bits per heavy atom. The van der Waals surface area contributed by atoms with E-state index in [9.17, 15) is 14.4 Å². The number of piperidine rings is 1. The first-order valence-electron chi connectivity index (χ1n) is 12.4. The summed E-state index contributed by atoms with van der Waals surface area (Å²) in [5.74, 6) is -0.874. The number of amides is 3. The van der Waals surface area contributed by atoms with E-state index in [1.54, 1.807) is 4.90 Å². The molecule has 0 atom stereocenters. The van der Waals surface area contributed by atoms with Crippen molar-refractivity contribution in [2.45, 2.75) is 31.3 Å². The van der Waals surface area contributed by atoms with E-state index >= 15 is 0 Å². The van der Waals surface area contributed by atoms with Gasteiger partial charge in [-0.05, 0) is 36.5 Å². The van der Waals surface area contributed by atoms with E-state index in [0.717, 1.165) is 17.0 Å². The van der Waals surface area contributed by atoms with Gasteiger partial charge in [-0.3, -0.25) is 19.4 Å². The third-order valence-corrected chi connectivity index (χ3v) is 7.66. The second kappa shape index (κ2) is 9.78. The molecular formula is C28H32N4O4. The fraction of sp³-hybridized carbons (Fsp3) is 0.393. The summed E-state index contributed by atoms with van der Waals surface area (Å²) >= 11 is 0. The van der Waals surface area contributed by atoms with Gasteiger partial charge in [0, 0.05) is 50.3 Å². The largest absolute Gasteiger partial charge is 0.468 e. The molecule has 1 aromatic heterocycles. The fourth-order valence-corrected chi connectivity index (χ4v) is 5.67. The van der Waals surface area contributed by atoms with Crippen LogP contribution in [0.5, 0.6) is 0 Å². The number of imide groups is 1. The highest BCUT2D eigenvalue weighted by atomic mass is 16.5. The third kappa shape index (κ3) is 4.26. The Kier molecular flexibility index (Phi) is 6.53. The molecule has 1 spiro atoms. The summed E-state index contributed by atoms with van der Waals surface area (Å²) in [6.45, 7) is 2.24. The lowest BCUT2D eigenvalue weighted by Gasteiger charge is -2.42. The topological polar surface area (TPSA) is 75.1 Å². The van der Waals surface area contributed by atoms with Gasteiger partial charge in [-0.1, -0.05) is 48.5 Å². The average molecular weight is 489 g/mol. The molecule has 3 aromatic rings. The number of aryl methyl sites for hydroxylation is 1. The van der Waals surface area contributed by atoms with Crippen molar-refractivity contribution >= 4 is 28.8 Å². The zero-order chi connectivity index (χ0) is 25.3. The lowest BCUT2D eigenvalue weighted by atomic mass is 9.85. The minimum Gasteiger partial charge on any atom is -0.468 e. The molecule has 8 nitrogen and oxygen atoms in total. The van der Waals surface area contributed by atoms with Gasteiger partial charge >= 0.3 is 12.0 Å². The number of aromatic nitrogens is 1. The first-order chi connectivity index (χ1) is 17.4. The predicted molar refractivity (Wildman–Crippen MR) is 136 cm³/mol. The van der Waals surface area contributed by atoms with Crippen LogP contribution in [0.1, 0.15) is 24.0 Å². The molecule has 0 aliphatic carbocycles. The van der Waals surface area contributed by atoms with Gasteiger partial charge in [0.1, 0.15) is 12.1 Å². The summed E-state index contributed by atoms with van der Waals surface area (Å²) < 4.78 is 6.90. The van der Waals surface area contributed by atoms with Gasteiger partial charge in [0.25, 0.3) is 5.91 Å². The lowest BCUT2D eigenvalue weighted by molar-refractivity contribution is -0.146. The molecule has 188 valence electrons. The highest BCUT2D eigenvalue weighted by molar-refractivity contribution is 6.08. The van der Waals surface area contributed by atoms with Gasteiger partial charge in [-0.25, -0.2) is 4.79 Å². The van der Waals surface area contributed by atoms with E-state index in [-0.39, 0.29) is 12.5 Å².